The normalized spacial score (nSPS) is 18.5. The van der Waals surface area contributed by atoms with E-state index in [0.717, 1.165) is 12.8 Å². The van der Waals surface area contributed by atoms with Crippen LogP contribution in [0.25, 0.3) is 0 Å². The molecule has 0 atom stereocenters. The van der Waals surface area contributed by atoms with E-state index in [1.807, 2.05) is 26.8 Å². The van der Waals surface area contributed by atoms with Gasteiger partial charge in [-0.1, -0.05) is 18.2 Å². The van der Waals surface area contributed by atoms with Gasteiger partial charge in [0.05, 0.1) is 4.90 Å². The third kappa shape index (κ3) is 5.21. The first-order chi connectivity index (χ1) is 11.2. The summed E-state index contributed by atoms with van der Waals surface area (Å²) in [5, 5.41) is 3.13. The predicted molar refractivity (Wildman–Crippen MR) is 97.3 cm³/mol. The van der Waals surface area contributed by atoms with E-state index in [0.29, 0.717) is 36.4 Å². The van der Waals surface area contributed by atoms with Gasteiger partial charge in [0.15, 0.2) is 5.96 Å². The molecule has 0 spiro atoms. The SMILES string of the molecule is CC(C)(C)NC(N)=NCC1CCN(S(=O)(=O)c2ccccc2)CC1. The largest absolute Gasteiger partial charge is 0.370 e. The number of guanidine groups is 1. The van der Waals surface area contributed by atoms with Crippen molar-refractivity contribution in [2.45, 2.75) is 44.0 Å². The Hall–Kier alpha value is -1.60. The van der Waals surface area contributed by atoms with Gasteiger partial charge in [0.1, 0.15) is 0 Å². The van der Waals surface area contributed by atoms with Crippen molar-refractivity contribution in [3.63, 3.8) is 0 Å². The molecule has 1 heterocycles. The van der Waals surface area contributed by atoms with Crippen LogP contribution in [-0.2, 0) is 10.0 Å². The standard InChI is InChI=1S/C17H28N4O2S/c1-17(2,3)20-16(18)19-13-14-9-11-21(12-10-14)24(22,23)15-7-5-4-6-8-15/h4-8,14H,9-13H2,1-3H3,(H3,18,19,20). The quantitative estimate of drug-likeness (QED) is 0.639. The first kappa shape index (κ1) is 18.7. The average Bonchev–Trinajstić information content (AvgIpc) is 2.52. The molecule has 1 aliphatic heterocycles. The molecule has 0 amide bonds. The van der Waals surface area contributed by atoms with Crippen molar-refractivity contribution >= 4 is 16.0 Å². The molecule has 24 heavy (non-hydrogen) atoms. The Balaban J connectivity index is 1.89. The van der Waals surface area contributed by atoms with E-state index in [4.69, 9.17) is 5.73 Å². The van der Waals surface area contributed by atoms with Crippen molar-refractivity contribution < 1.29 is 8.42 Å². The Morgan fingerprint density at radius 3 is 2.38 bits per heavy atom. The zero-order chi connectivity index (χ0) is 17.8. The maximum Gasteiger partial charge on any atom is 0.243 e. The molecule has 0 bridgehead atoms. The highest BCUT2D eigenvalue weighted by atomic mass is 32.2. The minimum atomic E-state index is -3.38. The van der Waals surface area contributed by atoms with Gasteiger partial charge in [0, 0.05) is 25.2 Å². The lowest BCUT2D eigenvalue weighted by Crippen LogP contribution is -2.45. The second-order valence-electron chi connectivity index (χ2n) is 7.26. The Kier molecular flexibility index (Phi) is 5.87. The molecular weight excluding hydrogens is 324 g/mol. The van der Waals surface area contributed by atoms with Crippen LogP contribution in [-0.4, -0.2) is 43.9 Å². The molecule has 7 heteroatoms. The molecule has 0 unspecified atom stereocenters. The summed E-state index contributed by atoms with van der Waals surface area (Å²) in [5.74, 6) is 0.814. The van der Waals surface area contributed by atoms with Crippen LogP contribution < -0.4 is 11.1 Å². The van der Waals surface area contributed by atoms with Crippen molar-refractivity contribution in [2.24, 2.45) is 16.6 Å². The van der Waals surface area contributed by atoms with Crippen LogP contribution in [0.15, 0.2) is 40.2 Å². The van der Waals surface area contributed by atoms with Crippen LogP contribution in [0.2, 0.25) is 0 Å². The summed E-state index contributed by atoms with van der Waals surface area (Å²) >= 11 is 0. The molecule has 1 aliphatic rings. The van der Waals surface area contributed by atoms with E-state index in [-0.39, 0.29) is 5.54 Å². The highest BCUT2D eigenvalue weighted by Gasteiger charge is 2.29. The van der Waals surface area contributed by atoms with E-state index in [1.54, 1.807) is 28.6 Å². The summed E-state index contributed by atoms with van der Waals surface area (Å²) in [7, 11) is -3.38. The average molecular weight is 353 g/mol. The first-order valence-electron chi connectivity index (χ1n) is 8.32. The molecule has 134 valence electrons. The number of nitrogens with zero attached hydrogens (tertiary/aromatic N) is 2. The van der Waals surface area contributed by atoms with Crippen LogP contribution in [0.5, 0.6) is 0 Å². The number of nitrogens with two attached hydrogens (primary N) is 1. The van der Waals surface area contributed by atoms with Crippen molar-refractivity contribution in [1.82, 2.24) is 9.62 Å². The van der Waals surface area contributed by atoms with Crippen molar-refractivity contribution in [3.8, 4) is 0 Å². The van der Waals surface area contributed by atoms with Crippen molar-refractivity contribution in [2.75, 3.05) is 19.6 Å². The smallest absolute Gasteiger partial charge is 0.243 e. The number of hydrogen-bond donors (Lipinski definition) is 2. The summed E-state index contributed by atoms with van der Waals surface area (Å²) in [6.07, 6.45) is 1.61. The fourth-order valence-electron chi connectivity index (χ4n) is 2.72. The zero-order valence-electron chi connectivity index (χ0n) is 14.7. The summed E-state index contributed by atoms with van der Waals surface area (Å²) in [6, 6.07) is 8.60. The number of aliphatic imine (C=N–C) groups is 1. The predicted octanol–water partition coefficient (Wildman–Crippen LogP) is 1.79. The number of benzene rings is 1. The number of nitrogens with one attached hydrogen (secondary N) is 1. The molecule has 0 aliphatic carbocycles. The molecule has 1 saturated heterocycles. The van der Waals surface area contributed by atoms with E-state index in [1.165, 1.54) is 0 Å². The zero-order valence-corrected chi connectivity index (χ0v) is 15.5. The first-order valence-corrected chi connectivity index (χ1v) is 9.76. The van der Waals surface area contributed by atoms with Gasteiger partial charge in [-0.15, -0.1) is 0 Å². The van der Waals surface area contributed by atoms with Crippen LogP contribution in [0.3, 0.4) is 0 Å². The third-order valence-corrected chi connectivity index (χ3v) is 5.89. The van der Waals surface area contributed by atoms with Crippen LogP contribution in [0.1, 0.15) is 33.6 Å². The Morgan fingerprint density at radius 2 is 1.83 bits per heavy atom. The summed E-state index contributed by atoms with van der Waals surface area (Å²) in [6.45, 7) is 7.79. The number of piperidine rings is 1. The fourth-order valence-corrected chi connectivity index (χ4v) is 4.22. The lowest BCUT2D eigenvalue weighted by molar-refractivity contribution is 0.278. The van der Waals surface area contributed by atoms with Gasteiger partial charge in [-0.05, 0) is 51.7 Å². The summed E-state index contributed by atoms with van der Waals surface area (Å²) in [5.41, 5.74) is 5.77. The van der Waals surface area contributed by atoms with Gasteiger partial charge in [0.2, 0.25) is 10.0 Å². The molecule has 0 saturated carbocycles. The summed E-state index contributed by atoms with van der Waals surface area (Å²) < 4.78 is 26.7. The minimum Gasteiger partial charge on any atom is -0.370 e. The van der Waals surface area contributed by atoms with Gasteiger partial charge in [0.25, 0.3) is 0 Å². The molecule has 0 aromatic heterocycles. The molecule has 1 fully saturated rings. The molecular formula is C17H28N4O2S. The minimum absolute atomic E-state index is 0.110. The van der Waals surface area contributed by atoms with Crippen LogP contribution >= 0.6 is 0 Å². The fraction of sp³-hybridized carbons (Fsp3) is 0.588. The maximum atomic E-state index is 12.6. The van der Waals surface area contributed by atoms with Crippen LogP contribution in [0, 0.1) is 5.92 Å². The van der Waals surface area contributed by atoms with Crippen molar-refractivity contribution in [1.29, 1.82) is 0 Å². The van der Waals surface area contributed by atoms with Gasteiger partial charge in [-0.25, -0.2) is 8.42 Å². The number of hydrogen-bond acceptors (Lipinski definition) is 3. The third-order valence-electron chi connectivity index (χ3n) is 3.98. The van der Waals surface area contributed by atoms with Gasteiger partial charge in [-0.2, -0.15) is 4.31 Å². The highest BCUT2D eigenvalue weighted by molar-refractivity contribution is 7.89. The Labute approximate surface area is 145 Å². The number of sulfonamides is 1. The molecule has 1 aromatic rings. The lowest BCUT2D eigenvalue weighted by atomic mass is 9.98. The molecule has 2 rings (SSSR count). The van der Waals surface area contributed by atoms with E-state index in [9.17, 15) is 8.42 Å². The van der Waals surface area contributed by atoms with Crippen molar-refractivity contribution in [3.05, 3.63) is 30.3 Å². The molecule has 0 radical (unpaired) electrons. The second-order valence-corrected chi connectivity index (χ2v) is 9.20. The highest BCUT2D eigenvalue weighted by Crippen LogP contribution is 2.23. The van der Waals surface area contributed by atoms with Crippen LogP contribution in [0.4, 0.5) is 0 Å². The van der Waals surface area contributed by atoms with E-state index >= 15 is 0 Å². The molecule has 1 aromatic carbocycles. The molecule has 3 N–H and O–H groups in total. The lowest BCUT2D eigenvalue weighted by Gasteiger charge is -2.30. The summed E-state index contributed by atoms with van der Waals surface area (Å²) in [4.78, 5) is 4.76. The van der Waals surface area contributed by atoms with Gasteiger partial charge < -0.3 is 11.1 Å². The second kappa shape index (κ2) is 7.53. The number of rotatable bonds is 4. The monoisotopic (exact) mass is 352 g/mol. The Morgan fingerprint density at radius 1 is 1.25 bits per heavy atom. The van der Waals surface area contributed by atoms with E-state index in [2.05, 4.69) is 10.3 Å². The topological polar surface area (TPSA) is 87.8 Å². The van der Waals surface area contributed by atoms with E-state index < -0.39 is 10.0 Å². The van der Waals surface area contributed by atoms with Gasteiger partial charge in [-0.3, -0.25) is 4.99 Å². The Bertz CT molecular complexity index is 658. The molecule has 6 nitrogen and oxygen atoms in total. The van der Waals surface area contributed by atoms with Gasteiger partial charge >= 0.3 is 0 Å². The maximum absolute atomic E-state index is 12.6.